The second-order valence-electron chi connectivity index (χ2n) is 8.03. The Labute approximate surface area is 215 Å². The predicted molar refractivity (Wildman–Crippen MR) is 126 cm³/mol. The number of hydrogen-bond donors (Lipinski definition) is 3. The number of fused-ring (bicyclic) bond motifs is 2. The summed E-state index contributed by atoms with van der Waals surface area (Å²) < 4.78 is 109. The smallest absolute Gasteiger partial charge is 0.270 e. The number of rotatable bonds is 5. The third-order valence-corrected chi connectivity index (χ3v) is 6.09. The van der Waals surface area contributed by atoms with Gasteiger partial charge in [0.2, 0.25) is 11.8 Å². The number of nitrogens with one attached hydrogen (secondary N) is 3. The molecule has 1 saturated heterocycles. The Morgan fingerprint density at radius 3 is 2.76 bits per heavy atom. The van der Waals surface area contributed by atoms with Crippen molar-refractivity contribution >= 4 is 29.1 Å². The van der Waals surface area contributed by atoms with Gasteiger partial charge in [-0.25, -0.2) is 0 Å². The quantitative estimate of drug-likeness (QED) is 0.613. The highest BCUT2D eigenvalue weighted by atomic mass is 16.5. The van der Waals surface area contributed by atoms with Gasteiger partial charge < -0.3 is 20.7 Å². The minimum Gasteiger partial charge on any atom is -0.381 e. The summed E-state index contributed by atoms with van der Waals surface area (Å²) in [7, 11) is 1.30. The molecular weight excluding hydrogens is 434 g/mol. The minimum absolute atomic E-state index is 0.151. The zero-order valence-electron chi connectivity index (χ0n) is 30.2. The lowest BCUT2D eigenvalue weighted by Gasteiger charge is -2.31. The summed E-state index contributed by atoms with van der Waals surface area (Å²) >= 11 is 0. The fourth-order valence-corrected chi connectivity index (χ4v) is 4.30. The van der Waals surface area contributed by atoms with Crippen molar-refractivity contribution in [3.8, 4) is 0 Å². The average Bonchev–Trinajstić information content (AvgIpc) is 3.51. The van der Waals surface area contributed by atoms with Gasteiger partial charge in [0.25, 0.3) is 5.91 Å². The van der Waals surface area contributed by atoms with E-state index in [0.29, 0.717) is 31.6 Å². The van der Waals surface area contributed by atoms with Crippen molar-refractivity contribution in [3.63, 3.8) is 0 Å². The van der Waals surface area contributed by atoms with Crippen LogP contribution >= 0.6 is 0 Å². The fourth-order valence-electron chi connectivity index (χ4n) is 4.30. The fraction of sp³-hybridized carbons (Fsp3) is 0.520. The average molecular weight is 478 g/mol. The number of nitrogens with zero attached hydrogens (tertiary/aromatic N) is 2. The van der Waals surface area contributed by atoms with Crippen molar-refractivity contribution in [1.82, 2.24) is 15.1 Å². The first-order chi connectivity index (χ1) is 21.0. The van der Waals surface area contributed by atoms with Gasteiger partial charge in [-0.05, 0) is 55.2 Å². The number of carbonyl (C=O) groups excluding carboxylic acids is 3. The zero-order valence-corrected chi connectivity index (χ0v) is 18.2. The van der Waals surface area contributed by atoms with Crippen LogP contribution in [0.3, 0.4) is 0 Å². The number of ether oxygens (including phenoxy) is 1. The molecular formula is C25H31N5O4. The van der Waals surface area contributed by atoms with Crippen LogP contribution in [-0.2, 0) is 26.8 Å². The number of hydrogen-bond acceptors (Lipinski definition) is 5. The Balaban J connectivity index is 1.65. The van der Waals surface area contributed by atoms with E-state index >= 15 is 0 Å². The van der Waals surface area contributed by atoms with Crippen molar-refractivity contribution < 1.29 is 35.6 Å². The Hall–Kier alpha value is -3.20. The van der Waals surface area contributed by atoms with E-state index in [2.05, 4.69) is 15.7 Å². The summed E-state index contributed by atoms with van der Waals surface area (Å²) in [6.45, 7) is 0.662. The first-order valence-corrected chi connectivity index (χ1v) is 10.6. The maximum atomic E-state index is 14.1. The van der Waals surface area contributed by atoms with Crippen molar-refractivity contribution in [1.29, 1.82) is 0 Å². The number of aryl methyl sites for hydroxylation is 1. The van der Waals surface area contributed by atoms with Gasteiger partial charge in [0, 0.05) is 52.9 Å². The molecule has 5 rings (SSSR count). The Morgan fingerprint density at radius 2 is 2.06 bits per heavy atom. The molecule has 9 nitrogen and oxygen atoms in total. The molecule has 0 bridgehead atoms. The summed E-state index contributed by atoms with van der Waals surface area (Å²) in [6, 6.07) is 1.39. The van der Waals surface area contributed by atoms with Gasteiger partial charge >= 0.3 is 0 Å². The lowest BCUT2D eigenvalue weighted by atomic mass is 9.75. The maximum Gasteiger partial charge on any atom is 0.270 e. The minimum atomic E-state index is -4.21. The van der Waals surface area contributed by atoms with Crippen LogP contribution in [0, 0.1) is 5.89 Å². The second kappa shape index (κ2) is 9.21. The van der Waals surface area contributed by atoms with Crippen LogP contribution in [0.25, 0.3) is 0 Å². The molecule has 180 valence electrons. The topological polar surface area (TPSA) is 114 Å². The van der Waals surface area contributed by atoms with Crippen LogP contribution in [0.15, 0.2) is 30.5 Å². The third kappa shape index (κ3) is 4.09. The summed E-state index contributed by atoms with van der Waals surface area (Å²) in [4.78, 5) is 40.5. The highest BCUT2D eigenvalue weighted by Gasteiger charge is 2.47. The second-order valence-corrected chi connectivity index (χ2v) is 8.03. The molecule has 1 aliphatic carbocycles. The summed E-state index contributed by atoms with van der Waals surface area (Å²) in [5.74, 6) is -7.63. The van der Waals surface area contributed by atoms with Crippen LogP contribution in [0.4, 0.5) is 11.4 Å². The van der Waals surface area contributed by atoms with Crippen LogP contribution in [-0.4, -0.2) is 46.7 Å². The summed E-state index contributed by atoms with van der Waals surface area (Å²) in [5, 5.41) is 10.6. The van der Waals surface area contributed by atoms with Crippen LogP contribution in [0.5, 0.6) is 0 Å². The molecule has 1 atom stereocenters. The maximum absolute atomic E-state index is 14.1. The van der Waals surface area contributed by atoms with Gasteiger partial charge in [0.1, 0.15) is 11.7 Å². The standard InChI is InChI=1S/C25H31N5O4/c1-30-20(9-12-26-30)22(31)29-21(16-5-3-2-4-6-16)23(32)27-17-7-8-18-19(15-17)28-24(33)25(18)10-13-34-14-11-25/h7-9,12,15-16,21H,2-6,10-11,13-14H2,1H3,(H,27,32)(H,28,33)(H,29,31)/i2D2,3D2,4D2,5D2,6D2,16D,21D. The molecule has 2 aromatic rings. The number of anilines is 2. The molecule has 0 radical (unpaired) electrons. The van der Waals surface area contributed by atoms with E-state index in [-0.39, 0.29) is 23.0 Å². The number of aromatic nitrogens is 2. The third-order valence-electron chi connectivity index (χ3n) is 6.09. The lowest BCUT2D eigenvalue weighted by Crippen LogP contribution is -2.49. The largest absolute Gasteiger partial charge is 0.381 e. The number of benzene rings is 1. The Kier molecular flexibility index (Phi) is 3.38. The monoisotopic (exact) mass is 477 g/mol. The number of carbonyl (C=O) groups is 3. The Morgan fingerprint density at radius 1 is 1.29 bits per heavy atom. The summed E-state index contributed by atoms with van der Waals surface area (Å²) in [6.07, 6.45) is -18.4. The van der Waals surface area contributed by atoms with E-state index < -0.39 is 61.0 Å². The molecule has 1 aromatic heterocycles. The molecule has 2 aliphatic heterocycles. The van der Waals surface area contributed by atoms with Gasteiger partial charge in [-0.2, -0.15) is 5.10 Å². The molecule has 1 saturated carbocycles. The molecule has 2 fully saturated rings. The molecule has 34 heavy (non-hydrogen) atoms. The molecule has 1 unspecified atom stereocenters. The van der Waals surface area contributed by atoms with E-state index in [0.717, 1.165) is 16.9 Å². The highest BCUT2D eigenvalue weighted by Crippen LogP contribution is 2.45. The van der Waals surface area contributed by atoms with Gasteiger partial charge in [-0.15, -0.1) is 0 Å². The predicted octanol–water partition coefficient (Wildman–Crippen LogP) is 2.74. The normalized spacial score (nSPS) is 34.9. The number of amides is 3. The van der Waals surface area contributed by atoms with Crippen LogP contribution in [0.1, 0.15) is 77.2 Å². The van der Waals surface area contributed by atoms with Crippen LogP contribution < -0.4 is 16.0 Å². The molecule has 3 heterocycles. The van der Waals surface area contributed by atoms with E-state index in [9.17, 15) is 15.8 Å². The van der Waals surface area contributed by atoms with Crippen molar-refractivity contribution in [3.05, 3.63) is 41.7 Å². The first kappa shape index (κ1) is 12.5. The molecule has 3 amide bonds. The van der Waals surface area contributed by atoms with Gasteiger partial charge in [-0.3, -0.25) is 19.1 Å². The van der Waals surface area contributed by atoms with E-state index in [1.807, 2.05) is 5.32 Å². The zero-order chi connectivity index (χ0) is 34.5. The van der Waals surface area contributed by atoms with E-state index in [1.165, 1.54) is 25.2 Å². The van der Waals surface area contributed by atoms with Crippen molar-refractivity contribution in [2.75, 3.05) is 23.8 Å². The van der Waals surface area contributed by atoms with Crippen LogP contribution in [0.2, 0.25) is 0 Å². The highest BCUT2D eigenvalue weighted by molar-refractivity contribution is 6.07. The first-order valence-electron chi connectivity index (χ1n) is 16.6. The molecule has 9 heteroatoms. The van der Waals surface area contributed by atoms with E-state index in [4.69, 9.17) is 19.8 Å². The molecule has 3 aliphatic rings. The lowest BCUT2D eigenvalue weighted by molar-refractivity contribution is -0.124. The van der Waals surface area contributed by atoms with Gasteiger partial charge in [-0.1, -0.05) is 25.2 Å². The molecule has 1 spiro atoms. The van der Waals surface area contributed by atoms with Gasteiger partial charge in [0.15, 0.2) is 0 Å². The van der Waals surface area contributed by atoms with Crippen molar-refractivity contribution in [2.24, 2.45) is 12.9 Å². The molecule has 3 N–H and O–H groups in total. The van der Waals surface area contributed by atoms with Crippen molar-refractivity contribution in [2.45, 2.75) is 56.1 Å². The summed E-state index contributed by atoms with van der Waals surface area (Å²) in [5.41, 5.74) is -0.498. The Bertz CT molecular complexity index is 1590. The van der Waals surface area contributed by atoms with E-state index in [1.54, 1.807) is 0 Å². The molecule has 1 aromatic carbocycles. The van der Waals surface area contributed by atoms with Gasteiger partial charge in [0.05, 0.1) is 6.79 Å². The SMILES string of the molecule is [2H]C(NC(=O)c1ccnn1C)(C(=O)Nc1ccc2c(c1)NC(=O)C21CCOCC1)C1([2H])C([2H])([2H])C([2H])([2H])C([2H])([2H])C([2H])([2H])C1([2H])[2H].